The number of anilines is 6. The monoisotopic (exact) mass is 1330 g/mol. The predicted octanol–water partition coefficient (Wildman–Crippen LogP) is -2.96. The third kappa shape index (κ3) is 14.8. The van der Waals surface area contributed by atoms with Crippen molar-refractivity contribution in [1.82, 2.24) is 48.5 Å². The fourth-order valence-corrected chi connectivity index (χ4v) is 12.5. The lowest BCUT2D eigenvalue weighted by Crippen LogP contribution is -2.62. The second-order valence-electron chi connectivity index (χ2n) is 20.8. The molecule has 8 rings (SSSR count). The van der Waals surface area contributed by atoms with E-state index in [0.717, 1.165) is 32.9 Å². The second-order valence-corrected chi connectivity index (χ2v) is 24.6. The van der Waals surface area contributed by atoms with E-state index in [4.69, 9.17) is 44.1 Å². The van der Waals surface area contributed by atoms with Gasteiger partial charge in [-0.1, -0.05) is 10.3 Å². The molecule has 1 unspecified atom stereocenters. The minimum Gasteiger partial charge on any atom is -0.478 e. The number of β-lactam (4-membered cyclic amide) rings is 2. The second kappa shape index (κ2) is 27.9. The third-order valence-corrected chi connectivity index (χ3v) is 17.6. The van der Waals surface area contributed by atoms with E-state index < -0.39 is 117 Å². The molecular formula is C48H64N22O16S4+2. The van der Waals surface area contributed by atoms with Gasteiger partial charge in [-0.2, -0.15) is 18.7 Å². The van der Waals surface area contributed by atoms with Gasteiger partial charge in [-0.3, -0.25) is 39.6 Å². The molecular weight excluding hydrogens is 1270 g/mol. The van der Waals surface area contributed by atoms with Crippen molar-refractivity contribution in [2.75, 3.05) is 71.3 Å². The van der Waals surface area contributed by atoms with E-state index in [0.29, 0.717) is 11.1 Å². The Hall–Kier alpha value is -9.52. The Labute approximate surface area is 525 Å². The molecule has 42 heteroatoms. The Morgan fingerprint density at radius 2 is 0.989 bits per heavy atom. The molecule has 0 saturated carbocycles. The summed E-state index contributed by atoms with van der Waals surface area (Å²) >= 11 is 4.11. The highest BCUT2D eigenvalue weighted by Crippen LogP contribution is 2.47. The number of ketones is 2. The van der Waals surface area contributed by atoms with Crippen LogP contribution in [0.3, 0.4) is 0 Å². The summed E-state index contributed by atoms with van der Waals surface area (Å²) in [6.07, 6.45) is 2.28. The van der Waals surface area contributed by atoms with Crippen molar-refractivity contribution in [2.45, 2.75) is 75.6 Å². The minimum atomic E-state index is -1.79. The molecule has 4 aromatic heterocycles. The van der Waals surface area contributed by atoms with Gasteiger partial charge in [-0.25, -0.2) is 28.8 Å². The standard InChI is InChI=1S/2C24H31N11O8S2/c2*1-24(2,21(40)41)43-31-14(17-30-22(27)45-32-17)13(36)6-11-18(37)35-15(20(38)39)10(9-44-19(11)35)7-34-8-12(16(26)33(34)3)29-23(42)28-5-4-25/h2*8,11,19,26H,4-7,9,25H2,1-3H3,(H6,27,28,29,30,32,38,39,40,41,42)/p+2/b2*31-14+/t11-,19?;11-,19-/m11/s1. The predicted molar refractivity (Wildman–Crippen MR) is 321 cm³/mol. The summed E-state index contributed by atoms with van der Waals surface area (Å²) in [5.74, 6) is -9.34. The fraction of sp³-hybridized carbons (Fsp3) is 0.458. The summed E-state index contributed by atoms with van der Waals surface area (Å²) in [5.41, 5.74) is 30.9. The zero-order valence-corrected chi connectivity index (χ0v) is 52.0. The number of hydrogen-bond acceptors (Lipinski definition) is 28. The fourth-order valence-electron chi connectivity index (χ4n) is 8.79. The lowest BCUT2D eigenvalue weighted by Gasteiger charge is -2.49. The molecule has 2 fully saturated rings. The third-order valence-electron chi connectivity index (χ3n) is 13.8. The van der Waals surface area contributed by atoms with Crippen LogP contribution in [0.25, 0.3) is 0 Å². The number of fused-ring (bicyclic) bond motifs is 2. The average Bonchev–Trinajstić information content (AvgIpc) is 1.07. The van der Waals surface area contributed by atoms with Crippen molar-refractivity contribution < 1.29 is 87.4 Å². The number of oxime groups is 2. The molecule has 0 bridgehead atoms. The zero-order valence-electron chi connectivity index (χ0n) is 48.7. The number of nitrogens with two attached hydrogens (primary N) is 6. The number of nitrogen functional groups attached to an aromatic ring is 4. The van der Waals surface area contributed by atoms with Crippen LogP contribution < -0.4 is 65.0 Å². The molecule has 2 saturated heterocycles. The van der Waals surface area contributed by atoms with E-state index in [1.807, 2.05) is 0 Å². The first-order valence-corrected chi connectivity index (χ1v) is 30.2. The molecule has 0 spiro atoms. The van der Waals surface area contributed by atoms with Gasteiger partial charge in [0.25, 0.3) is 0 Å². The van der Waals surface area contributed by atoms with Crippen LogP contribution in [-0.2, 0) is 75.2 Å². The molecule has 38 nitrogen and oxygen atoms in total. The lowest BCUT2D eigenvalue weighted by molar-refractivity contribution is -0.765. The van der Waals surface area contributed by atoms with E-state index in [2.05, 4.69) is 50.3 Å². The van der Waals surface area contributed by atoms with Gasteiger partial charge in [0.1, 0.15) is 11.4 Å². The Morgan fingerprint density at radius 1 is 0.633 bits per heavy atom. The molecule has 484 valence electrons. The van der Waals surface area contributed by atoms with E-state index in [-0.39, 0.29) is 107 Å². The van der Waals surface area contributed by atoms with Crippen LogP contribution >= 0.6 is 46.6 Å². The lowest BCUT2D eigenvalue weighted by atomic mass is 9.89. The topological polar surface area (TPSA) is 575 Å². The van der Waals surface area contributed by atoms with Crippen LogP contribution in [0.1, 0.15) is 52.2 Å². The number of carbonyl (C=O) groups is 10. The van der Waals surface area contributed by atoms with E-state index in [9.17, 15) is 68.4 Å². The van der Waals surface area contributed by atoms with E-state index in [1.54, 1.807) is 23.5 Å². The number of carbonyl (C=O) groups excluding carboxylic acids is 6. The highest BCUT2D eigenvalue weighted by molar-refractivity contribution is 8.00. The molecule has 4 aliphatic rings. The van der Waals surface area contributed by atoms with Gasteiger partial charge in [-0.05, 0) is 27.7 Å². The van der Waals surface area contributed by atoms with Gasteiger partial charge in [0.05, 0.1) is 36.7 Å². The summed E-state index contributed by atoms with van der Waals surface area (Å²) < 4.78 is 14.1. The minimum absolute atomic E-state index is 0.0242. The first kappa shape index (κ1) is 68.0. The number of Topliss-reactive ketones (excluding diaryl/α,β-unsaturated/α-hetero) is 2. The van der Waals surface area contributed by atoms with Crippen molar-refractivity contribution >= 4 is 151 Å². The molecule has 8 heterocycles. The summed E-state index contributed by atoms with van der Waals surface area (Å²) in [4.78, 5) is 146. The quantitative estimate of drug-likeness (QED) is 0.0129. The molecule has 0 aromatic carbocycles. The normalized spacial score (nSPS) is 18.3. The van der Waals surface area contributed by atoms with Crippen molar-refractivity contribution in [3.05, 3.63) is 46.6 Å². The number of amides is 6. The number of aromatic nitrogens is 8. The Balaban J connectivity index is 0.000000256. The SMILES string of the molecule is Cn1c(N)c(NC(=O)NCCN)c[n+]1CC1=C(C(=O)O)N2C(=O)[C@@H](CC(=O)/C(=N\OC(C)(C)C(=O)O)c3nsc(N)n3)C2SC1.Cn1c(N)c(NC(=O)NCCN)c[n+]1CC1=C(C(=O)O)N2C(=O)[C@@H](CC(=O)/C(=N\OC(C)(C)C(=O)O)c3nsc(N)n3)[C@H]2SC1. The van der Waals surface area contributed by atoms with Crippen molar-refractivity contribution in [2.24, 2.45) is 47.7 Å². The number of thioether (sulfide) groups is 2. The van der Waals surface area contributed by atoms with Crippen LogP contribution in [-0.4, -0.2) is 189 Å². The number of nitrogens with one attached hydrogen (secondary N) is 4. The Bertz CT molecular complexity index is 3470. The molecule has 0 radical (unpaired) electrons. The van der Waals surface area contributed by atoms with Gasteiger partial charge < -0.3 is 75.1 Å². The first-order chi connectivity index (χ1) is 42.3. The number of nitrogens with zero attached hydrogens (tertiary/aromatic N) is 12. The van der Waals surface area contributed by atoms with Crippen molar-refractivity contribution in [1.29, 1.82) is 0 Å². The molecule has 6 amide bonds. The number of carboxylic acid groups (broad SMARTS) is 4. The van der Waals surface area contributed by atoms with Crippen molar-refractivity contribution in [3.8, 4) is 0 Å². The Morgan fingerprint density at radius 3 is 1.29 bits per heavy atom. The molecule has 4 aliphatic heterocycles. The zero-order chi connectivity index (χ0) is 66.4. The van der Waals surface area contributed by atoms with Crippen LogP contribution in [0.4, 0.5) is 42.9 Å². The van der Waals surface area contributed by atoms with Crippen molar-refractivity contribution in [3.63, 3.8) is 0 Å². The molecule has 0 aliphatic carbocycles. The average molecular weight is 1330 g/mol. The summed E-state index contributed by atoms with van der Waals surface area (Å²) in [7, 11) is 3.25. The van der Waals surface area contributed by atoms with Crippen LogP contribution in [0.5, 0.6) is 0 Å². The van der Waals surface area contributed by atoms with Gasteiger partial charge in [0.15, 0.2) is 69.4 Å². The summed E-state index contributed by atoms with van der Waals surface area (Å²) in [6.45, 7) is 5.99. The first-order valence-electron chi connectivity index (χ1n) is 26.6. The highest BCUT2D eigenvalue weighted by atomic mass is 32.2. The molecule has 20 N–H and O–H groups in total. The molecule has 4 atom stereocenters. The highest BCUT2D eigenvalue weighted by Gasteiger charge is 2.56. The van der Waals surface area contributed by atoms with Crippen LogP contribution in [0.15, 0.2) is 45.2 Å². The largest absolute Gasteiger partial charge is 0.478 e. The number of carboxylic acids is 4. The summed E-state index contributed by atoms with van der Waals surface area (Å²) in [6, 6.07) is -1.03. The maximum Gasteiger partial charge on any atom is 0.352 e. The summed E-state index contributed by atoms with van der Waals surface area (Å²) in [5, 5.41) is 55.4. The molecule has 90 heavy (non-hydrogen) atoms. The van der Waals surface area contributed by atoms with E-state index >= 15 is 0 Å². The number of rotatable bonds is 26. The Kier molecular flexibility index (Phi) is 21.1. The molecule has 4 aromatic rings. The van der Waals surface area contributed by atoms with Gasteiger partial charge >= 0.3 is 35.9 Å². The smallest absolute Gasteiger partial charge is 0.352 e. The van der Waals surface area contributed by atoms with Gasteiger partial charge in [-0.15, -0.1) is 42.3 Å². The van der Waals surface area contributed by atoms with Gasteiger partial charge in [0, 0.05) is 84.7 Å². The number of urea groups is 2. The van der Waals surface area contributed by atoms with Gasteiger partial charge in [0.2, 0.25) is 47.1 Å². The number of hydrogen-bond donors (Lipinski definition) is 14. The van der Waals surface area contributed by atoms with Crippen LogP contribution in [0, 0.1) is 11.8 Å². The van der Waals surface area contributed by atoms with E-state index in [1.165, 1.54) is 73.0 Å². The van der Waals surface area contributed by atoms with Crippen LogP contribution in [0.2, 0.25) is 0 Å². The maximum atomic E-state index is 13.3. The maximum absolute atomic E-state index is 13.3. The number of aliphatic carboxylic acids is 4.